The molecule has 0 radical (unpaired) electrons. The van der Waals surface area contributed by atoms with E-state index in [1.807, 2.05) is 82.0 Å². The van der Waals surface area contributed by atoms with E-state index in [9.17, 15) is 13.4 Å². The lowest BCUT2D eigenvalue weighted by Gasteiger charge is -2.36. The van der Waals surface area contributed by atoms with Gasteiger partial charge in [-0.3, -0.25) is 9.10 Å². The summed E-state index contributed by atoms with van der Waals surface area (Å²) in [6.45, 7) is 2.79. The molecule has 5 nitrogen and oxygen atoms in total. The Labute approximate surface area is 229 Å². The van der Waals surface area contributed by atoms with Crippen molar-refractivity contribution < 1.29 is 13.4 Å². The van der Waals surface area contributed by atoms with Crippen LogP contribution >= 0.6 is 11.6 Å². The summed E-state index contributed by atoms with van der Waals surface area (Å²) in [7, 11) is -1.45. The van der Waals surface area contributed by atoms with Gasteiger partial charge in [0.1, 0.15) is 5.82 Å². The summed E-state index contributed by atoms with van der Waals surface area (Å²) in [5, 5.41) is 0.643. The molecule has 194 valence electrons. The Morgan fingerprint density at radius 1 is 0.842 bits per heavy atom. The zero-order valence-corrected chi connectivity index (χ0v) is 22.2. The molecule has 1 heterocycles. The van der Waals surface area contributed by atoms with E-state index >= 15 is 0 Å². The maximum atomic E-state index is 13.6. The summed E-state index contributed by atoms with van der Waals surface area (Å²) in [6, 6.07) is 30.5. The van der Waals surface area contributed by atoms with Gasteiger partial charge in [-0.1, -0.05) is 48.0 Å². The molecule has 1 amide bonds. The fourth-order valence-corrected chi connectivity index (χ4v) is 5.81. The molecule has 4 aromatic rings. The van der Waals surface area contributed by atoms with Gasteiger partial charge in [-0.05, 0) is 72.3 Å². The van der Waals surface area contributed by atoms with Crippen molar-refractivity contribution in [3.8, 4) is 0 Å². The van der Waals surface area contributed by atoms with Crippen molar-refractivity contribution in [2.75, 3.05) is 35.4 Å². The molecule has 1 aliphatic rings. The van der Waals surface area contributed by atoms with Crippen LogP contribution in [0.4, 0.5) is 15.8 Å². The summed E-state index contributed by atoms with van der Waals surface area (Å²) in [5.74, 6) is -0.316. The SMILES string of the molecule is O=C(c1ccc(N(Cc2ccc(Cl)cc2)S(=O)c2ccccc2)cc1)N1CCN(c2cccc(F)c2)CC1. The van der Waals surface area contributed by atoms with Crippen molar-refractivity contribution in [3.63, 3.8) is 0 Å². The predicted octanol–water partition coefficient (Wildman–Crippen LogP) is 6.17. The minimum absolute atomic E-state index is 0.0520. The Morgan fingerprint density at radius 2 is 1.53 bits per heavy atom. The smallest absolute Gasteiger partial charge is 0.253 e. The number of hydrogen-bond acceptors (Lipinski definition) is 3. The third-order valence-corrected chi connectivity index (χ3v) is 8.19. The van der Waals surface area contributed by atoms with E-state index in [4.69, 9.17) is 11.6 Å². The predicted molar refractivity (Wildman–Crippen MR) is 151 cm³/mol. The molecule has 0 saturated carbocycles. The first-order valence-corrected chi connectivity index (χ1v) is 13.9. The lowest BCUT2D eigenvalue weighted by Crippen LogP contribution is -2.48. The van der Waals surface area contributed by atoms with Crippen LogP contribution in [0.15, 0.2) is 108 Å². The molecular weight excluding hydrogens is 521 g/mol. The van der Waals surface area contributed by atoms with E-state index in [1.165, 1.54) is 12.1 Å². The average Bonchev–Trinajstić information content (AvgIpc) is 2.97. The zero-order valence-electron chi connectivity index (χ0n) is 20.7. The first-order valence-electron chi connectivity index (χ1n) is 12.4. The monoisotopic (exact) mass is 547 g/mol. The number of nitrogens with zero attached hydrogens (tertiary/aromatic N) is 3. The van der Waals surface area contributed by atoms with Gasteiger partial charge < -0.3 is 9.80 Å². The van der Waals surface area contributed by atoms with Crippen LogP contribution < -0.4 is 9.21 Å². The Bertz CT molecular complexity index is 1410. The van der Waals surface area contributed by atoms with Gasteiger partial charge in [-0.2, -0.15) is 0 Å². The van der Waals surface area contributed by atoms with E-state index in [0.717, 1.165) is 16.9 Å². The molecule has 1 fully saturated rings. The first kappa shape index (κ1) is 25.9. The maximum Gasteiger partial charge on any atom is 0.253 e. The third kappa shape index (κ3) is 6.06. The van der Waals surface area contributed by atoms with Crippen molar-refractivity contribution in [1.29, 1.82) is 0 Å². The molecule has 0 aromatic heterocycles. The second kappa shape index (κ2) is 11.8. The number of carbonyl (C=O) groups is 1. The second-order valence-corrected chi connectivity index (χ2v) is 10.9. The summed E-state index contributed by atoms with van der Waals surface area (Å²) in [5.41, 5.74) is 3.11. The van der Waals surface area contributed by atoms with Crippen molar-refractivity contribution >= 4 is 39.9 Å². The topological polar surface area (TPSA) is 43.9 Å². The molecule has 38 heavy (non-hydrogen) atoms. The van der Waals surface area contributed by atoms with Crippen LogP contribution in [0, 0.1) is 5.82 Å². The summed E-state index contributed by atoms with van der Waals surface area (Å²) < 4.78 is 29.0. The normalized spacial score (nSPS) is 14.3. The highest BCUT2D eigenvalue weighted by molar-refractivity contribution is 7.86. The molecule has 0 spiro atoms. The lowest BCUT2D eigenvalue weighted by molar-refractivity contribution is 0.0747. The van der Waals surface area contributed by atoms with Gasteiger partial charge in [0.2, 0.25) is 0 Å². The zero-order chi connectivity index (χ0) is 26.5. The molecule has 1 unspecified atom stereocenters. The lowest BCUT2D eigenvalue weighted by atomic mass is 10.1. The van der Waals surface area contributed by atoms with Gasteiger partial charge in [0, 0.05) is 42.5 Å². The highest BCUT2D eigenvalue weighted by atomic mass is 35.5. The van der Waals surface area contributed by atoms with Gasteiger partial charge in [-0.15, -0.1) is 0 Å². The van der Waals surface area contributed by atoms with Crippen molar-refractivity contribution in [3.05, 3.63) is 125 Å². The van der Waals surface area contributed by atoms with Crippen LogP contribution in [0.2, 0.25) is 5.02 Å². The van der Waals surface area contributed by atoms with E-state index in [2.05, 4.69) is 4.90 Å². The number of rotatable bonds is 7. The van der Waals surface area contributed by atoms with Crippen molar-refractivity contribution in [2.45, 2.75) is 11.4 Å². The maximum absolute atomic E-state index is 13.6. The molecular formula is C30H27ClFN3O2S. The Balaban J connectivity index is 1.30. The molecule has 0 bridgehead atoms. The standard InChI is InChI=1S/C30H27ClFN3O2S/c31-25-13-9-23(10-14-25)22-35(38(37)29-7-2-1-3-8-29)27-15-11-24(12-16-27)30(36)34-19-17-33(18-20-34)28-6-4-5-26(32)21-28/h1-16,21H,17-20,22H2. The van der Waals surface area contributed by atoms with Crippen LogP contribution in [0.1, 0.15) is 15.9 Å². The van der Waals surface area contributed by atoms with Gasteiger partial charge in [0.15, 0.2) is 11.0 Å². The fourth-order valence-electron chi connectivity index (χ4n) is 4.46. The highest BCUT2D eigenvalue weighted by Crippen LogP contribution is 2.25. The van der Waals surface area contributed by atoms with Crippen LogP contribution in [0.25, 0.3) is 0 Å². The van der Waals surface area contributed by atoms with E-state index in [1.54, 1.807) is 18.2 Å². The summed E-state index contributed by atoms with van der Waals surface area (Å²) in [6.07, 6.45) is 0. The van der Waals surface area contributed by atoms with E-state index in [0.29, 0.717) is 48.2 Å². The van der Waals surface area contributed by atoms with E-state index < -0.39 is 11.0 Å². The molecule has 1 saturated heterocycles. The van der Waals surface area contributed by atoms with E-state index in [-0.39, 0.29) is 11.7 Å². The minimum Gasteiger partial charge on any atom is -0.368 e. The van der Waals surface area contributed by atoms with Crippen LogP contribution in [0.5, 0.6) is 0 Å². The molecule has 5 rings (SSSR count). The number of anilines is 2. The summed E-state index contributed by atoms with van der Waals surface area (Å²) in [4.78, 5) is 17.8. The first-order chi connectivity index (χ1) is 18.5. The number of halogens is 2. The van der Waals surface area contributed by atoms with Crippen LogP contribution in [-0.2, 0) is 17.5 Å². The number of amides is 1. The van der Waals surface area contributed by atoms with Gasteiger partial charge in [-0.25, -0.2) is 8.60 Å². The number of piperazine rings is 1. The second-order valence-electron chi connectivity index (χ2n) is 9.03. The molecule has 8 heteroatoms. The molecule has 1 aliphatic heterocycles. The minimum atomic E-state index is -1.45. The van der Waals surface area contributed by atoms with Crippen molar-refractivity contribution in [1.82, 2.24) is 4.90 Å². The quantitative estimate of drug-likeness (QED) is 0.278. The number of carbonyl (C=O) groups excluding carboxylic acids is 1. The van der Waals surface area contributed by atoms with Gasteiger partial charge in [0.25, 0.3) is 5.91 Å². The Morgan fingerprint density at radius 3 is 2.18 bits per heavy atom. The Hall–Kier alpha value is -3.68. The van der Waals surface area contributed by atoms with Crippen molar-refractivity contribution in [2.24, 2.45) is 0 Å². The molecule has 0 N–H and O–H groups in total. The van der Waals surface area contributed by atoms with Crippen LogP contribution in [0.3, 0.4) is 0 Å². The van der Waals surface area contributed by atoms with Gasteiger partial charge in [0.05, 0.1) is 17.1 Å². The van der Waals surface area contributed by atoms with Gasteiger partial charge >= 0.3 is 0 Å². The average molecular weight is 548 g/mol. The van der Waals surface area contributed by atoms with Crippen LogP contribution in [-0.4, -0.2) is 41.2 Å². The number of hydrogen-bond donors (Lipinski definition) is 0. The number of benzene rings is 4. The molecule has 1 atom stereocenters. The summed E-state index contributed by atoms with van der Waals surface area (Å²) >= 11 is 6.05. The third-order valence-electron chi connectivity index (χ3n) is 6.53. The Kier molecular flexibility index (Phi) is 8.05. The molecule has 0 aliphatic carbocycles. The highest BCUT2D eigenvalue weighted by Gasteiger charge is 2.23. The molecule has 4 aromatic carbocycles. The largest absolute Gasteiger partial charge is 0.368 e. The fraction of sp³-hybridized carbons (Fsp3) is 0.167.